The predicted octanol–water partition coefficient (Wildman–Crippen LogP) is 2.14. The van der Waals surface area contributed by atoms with E-state index in [1.54, 1.807) is 0 Å². The van der Waals surface area contributed by atoms with Gasteiger partial charge in [0.1, 0.15) is 0 Å². The average molecular weight is 318 g/mol. The lowest BCUT2D eigenvalue weighted by molar-refractivity contribution is -0.122. The van der Waals surface area contributed by atoms with E-state index in [4.69, 9.17) is 5.11 Å². The van der Waals surface area contributed by atoms with Crippen LogP contribution in [-0.2, 0) is 11.3 Å². The number of carbonyl (C=O) groups is 2. The number of alkyl halides is 2. The fraction of sp³-hybridized carbons (Fsp3) is 0.538. The van der Waals surface area contributed by atoms with Crippen molar-refractivity contribution in [1.29, 1.82) is 0 Å². The van der Waals surface area contributed by atoms with Crippen molar-refractivity contribution in [3.63, 3.8) is 0 Å². The summed E-state index contributed by atoms with van der Waals surface area (Å²) in [5, 5.41) is 15.9. The van der Waals surface area contributed by atoms with Crippen molar-refractivity contribution in [3.05, 3.63) is 21.4 Å². The number of carboxylic acid groups (broad SMARTS) is 1. The number of nitrogens with one attached hydrogen (secondary N) is 2. The third-order valence-electron chi connectivity index (χ3n) is 3.42. The van der Waals surface area contributed by atoms with Crippen molar-refractivity contribution in [1.82, 2.24) is 10.6 Å². The van der Waals surface area contributed by atoms with Crippen molar-refractivity contribution in [2.45, 2.75) is 38.3 Å². The Labute approximate surface area is 124 Å². The number of rotatable bonds is 5. The highest BCUT2D eigenvalue weighted by Gasteiger charge is 2.25. The summed E-state index contributed by atoms with van der Waals surface area (Å²) >= 11 is 0.733. The van der Waals surface area contributed by atoms with Crippen LogP contribution in [0.15, 0.2) is 5.38 Å². The topological polar surface area (TPSA) is 78.4 Å². The van der Waals surface area contributed by atoms with Crippen molar-refractivity contribution in [2.24, 2.45) is 0 Å². The highest BCUT2D eigenvalue weighted by Crippen LogP contribution is 2.32. The first-order valence-electron chi connectivity index (χ1n) is 6.63. The standard InChI is InChI=1S/C13H16F2N2O3S/c14-11(15)10-7(8(6-21-10)13(19)20)5-17-9-3-1-2-4-16-12(9)18/h6,9,11,17H,1-5H2,(H,16,18)(H,19,20). The lowest BCUT2D eigenvalue weighted by atomic mass is 10.1. The molecule has 5 nitrogen and oxygen atoms in total. The van der Waals surface area contributed by atoms with Crippen LogP contribution < -0.4 is 10.6 Å². The van der Waals surface area contributed by atoms with Crippen LogP contribution in [0.2, 0.25) is 0 Å². The van der Waals surface area contributed by atoms with E-state index >= 15 is 0 Å². The molecular weight excluding hydrogens is 302 g/mol. The molecule has 2 heterocycles. The zero-order valence-corrected chi connectivity index (χ0v) is 12.0. The summed E-state index contributed by atoms with van der Waals surface area (Å²) in [6.07, 6.45) is -0.371. The maximum Gasteiger partial charge on any atom is 0.336 e. The summed E-state index contributed by atoms with van der Waals surface area (Å²) in [6, 6.07) is -0.473. The molecule has 1 aromatic heterocycles. The summed E-state index contributed by atoms with van der Waals surface area (Å²) in [7, 11) is 0. The summed E-state index contributed by atoms with van der Waals surface area (Å²) in [5.41, 5.74) is -0.0589. The molecule has 0 saturated carbocycles. The molecule has 0 bridgehead atoms. The Morgan fingerprint density at radius 1 is 1.52 bits per heavy atom. The molecule has 116 valence electrons. The Morgan fingerprint density at radius 2 is 2.29 bits per heavy atom. The molecule has 0 spiro atoms. The molecule has 3 N–H and O–H groups in total. The predicted molar refractivity (Wildman–Crippen MR) is 73.7 cm³/mol. The highest BCUT2D eigenvalue weighted by molar-refractivity contribution is 7.10. The highest BCUT2D eigenvalue weighted by atomic mass is 32.1. The molecule has 1 aliphatic rings. The number of hydrogen-bond donors (Lipinski definition) is 3. The Hall–Kier alpha value is -1.54. The molecule has 0 aromatic carbocycles. The van der Waals surface area contributed by atoms with E-state index in [0.29, 0.717) is 13.0 Å². The third kappa shape index (κ3) is 3.76. The minimum atomic E-state index is -2.72. The zero-order valence-electron chi connectivity index (χ0n) is 11.2. The van der Waals surface area contributed by atoms with Crippen molar-refractivity contribution < 1.29 is 23.5 Å². The van der Waals surface area contributed by atoms with E-state index in [-0.39, 0.29) is 28.5 Å². The molecule has 1 atom stereocenters. The second-order valence-corrected chi connectivity index (χ2v) is 5.73. The van der Waals surface area contributed by atoms with Gasteiger partial charge in [0.2, 0.25) is 5.91 Å². The molecule has 1 fully saturated rings. The quantitative estimate of drug-likeness (QED) is 0.777. The van der Waals surface area contributed by atoms with Gasteiger partial charge in [0.05, 0.1) is 16.5 Å². The zero-order chi connectivity index (χ0) is 15.4. The number of carbonyl (C=O) groups excluding carboxylic acids is 1. The molecule has 1 aromatic rings. The molecule has 0 radical (unpaired) electrons. The second-order valence-electron chi connectivity index (χ2n) is 4.82. The van der Waals surface area contributed by atoms with Crippen molar-refractivity contribution in [2.75, 3.05) is 6.54 Å². The molecule has 2 rings (SSSR count). The van der Waals surface area contributed by atoms with Gasteiger partial charge in [0.25, 0.3) is 6.43 Å². The van der Waals surface area contributed by atoms with Crippen LogP contribution in [0, 0.1) is 0 Å². The molecule has 21 heavy (non-hydrogen) atoms. The Bertz CT molecular complexity index is 533. The first kappa shape index (κ1) is 15.8. The molecule has 1 amide bonds. The van der Waals surface area contributed by atoms with Crippen LogP contribution in [0.5, 0.6) is 0 Å². The molecule has 8 heteroatoms. The normalized spacial score (nSPS) is 19.4. The molecule has 1 unspecified atom stereocenters. The monoisotopic (exact) mass is 318 g/mol. The van der Waals surface area contributed by atoms with E-state index in [1.807, 2.05) is 0 Å². The van der Waals surface area contributed by atoms with Gasteiger partial charge in [-0.1, -0.05) is 0 Å². The Kier molecular flexibility index (Phi) is 5.24. The van der Waals surface area contributed by atoms with Crippen LogP contribution in [-0.4, -0.2) is 29.6 Å². The number of halogens is 2. The lowest BCUT2D eigenvalue weighted by Gasteiger charge is -2.16. The van der Waals surface area contributed by atoms with Crippen LogP contribution >= 0.6 is 11.3 Å². The van der Waals surface area contributed by atoms with Gasteiger partial charge >= 0.3 is 5.97 Å². The van der Waals surface area contributed by atoms with Gasteiger partial charge in [-0.25, -0.2) is 13.6 Å². The third-order valence-corrected chi connectivity index (χ3v) is 4.45. The fourth-order valence-corrected chi connectivity index (χ4v) is 3.22. The largest absolute Gasteiger partial charge is 0.478 e. The summed E-state index contributed by atoms with van der Waals surface area (Å²) in [6.45, 7) is 0.557. The van der Waals surface area contributed by atoms with Crippen LogP contribution in [0.4, 0.5) is 8.78 Å². The van der Waals surface area contributed by atoms with E-state index in [0.717, 1.165) is 24.2 Å². The van der Waals surface area contributed by atoms with Gasteiger partial charge in [-0.15, -0.1) is 11.3 Å². The second kappa shape index (κ2) is 6.95. The minimum absolute atomic E-state index is 0.0527. The van der Waals surface area contributed by atoms with Crippen molar-refractivity contribution >= 4 is 23.2 Å². The van der Waals surface area contributed by atoms with Crippen LogP contribution in [0.1, 0.15) is 46.5 Å². The molecule has 1 saturated heterocycles. The summed E-state index contributed by atoms with van der Waals surface area (Å²) in [4.78, 5) is 22.6. The first-order valence-corrected chi connectivity index (χ1v) is 7.51. The van der Waals surface area contributed by atoms with Gasteiger partial charge in [-0.05, 0) is 19.3 Å². The fourth-order valence-electron chi connectivity index (χ4n) is 2.30. The number of aromatic carboxylic acids is 1. The maximum atomic E-state index is 12.9. The van der Waals surface area contributed by atoms with Crippen LogP contribution in [0.3, 0.4) is 0 Å². The average Bonchev–Trinajstić information content (AvgIpc) is 2.75. The molecular formula is C13H16F2N2O3S. The number of carboxylic acids is 1. The van der Waals surface area contributed by atoms with Gasteiger partial charge in [-0.2, -0.15) is 0 Å². The Balaban J connectivity index is 2.12. The molecule has 0 aliphatic carbocycles. The van der Waals surface area contributed by atoms with Crippen molar-refractivity contribution in [3.8, 4) is 0 Å². The smallest absolute Gasteiger partial charge is 0.336 e. The number of hydrogen-bond acceptors (Lipinski definition) is 4. The lowest BCUT2D eigenvalue weighted by Crippen LogP contribution is -2.42. The summed E-state index contributed by atoms with van der Waals surface area (Å²) in [5.74, 6) is -1.40. The SMILES string of the molecule is O=C(O)c1csc(C(F)F)c1CNC1CCCCNC1=O. The summed E-state index contributed by atoms with van der Waals surface area (Å²) < 4.78 is 25.8. The maximum absolute atomic E-state index is 12.9. The number of thiophene rings is 1. The first-order chi connectivity index (χ1) is 10.0. The van der Waals surface area contributed by atoms with E-state index in [9.17, 15) is 18.4 Å². The van der Waals surface area contributed by atoms with E-state index in [1.165, 1.54) is 5.38 Å². The minimum Gasteiger partial charge on any atom is -0.478 e. The van der Waals surface area contributed by atoms with Gasteiger partial charge in [0.15, 0.2) is 0 Å². The van der Waals surface area contributed by atoms with E-state index in [2.05, 4.69) is 10.6 Å². The van der Waals surface area contributed by atoms with Gasteiger partial charge in [0, 0.05) is 24.0 Å². The van der Waals surface area contributed by atoms with Crippen LogP contribution in [0.25, 0.3) is 0 Å². The Morgan fingerprint density at radius 3 is 2.95 bits per heavy atom. The van der Waals surface area contributed by atoms with E-state index < -0.39 is 18.4 Å². The molecule has 1 aliphatic heterocycles. The van der Waals surface area contributed by atoms with Gasteiger partial charge < -0.3 is 15.7 Å². The van der Waals surface area contributed by atoms with Gasteiger partial charge in [-0.3, -0.25) is 4.79 Å². The number of amides is 1.